The van der Waals surface area contributed by atoms with Gasteiger partial charge in [-0.1, -0.05) is 36.4 Å². The zero-order valence-electron chi connectivity index (χ0n) is 16.1. The van der Waals surface area contributed by atoms with Gasteiger partial charge in [-0.15, -0.1) is 0 Å². The molecule has 4 rings (SSSR count). The van der Waals surface area contributed by atoms with Gasteiger partial charge in [0.2, 0.25) is 0 Å². The van der Waals surface area contributed by atoms with Gasteiger partial charge >= 0.3 is 12.1 Å². The molecule has 1 fully saturated rings. The van der Waals surface area contributed by atoms with Crippen molar-refractivity contribution in [2.24, 2.45) is 0 Å². The summed E-state index contributed by atoms with van der Waals surface area (Å²) in [6.45, 7) is 2.21. The molecule has 152 valence electrons. The molecule has 3 amide bonds. The lowest BCUT2D eigenvalue weighted by Gasteiger charge is -2.40. The van der Waals surface area contributed by atoms with Crippen LogP contribution in [0.15, 0.2) is 48.5 Å². The minimum absolute atomic E-state index is 0.0962. The molecule has 7 heteroatoms. The van der Waals surface area contributed by atoms with Crippen LogP contribution in [-0.4, -0.2) is 64.7 Å². The summed E-state index contributed by atoms with van der Waals surface area (Å²) >= 11 is 0. The Kier molecular flexibility index (Phi) is 5.38. The molecule has 2 aliphatic heterocycles. The second-order valence-electron chi connectivity index (χ2n) is 7.49. The number of nitrogens with zero attached hydrogens (tertiary/aromatic N) is 3. The number of hydrogen-bond acceptors (Lipinski definition) is 2. The molecule has 2 heterocycles. The van der Waals surface area contributed by atoms with Crippen LogP contribution in [0.3, 0.4) is 0 Å². The first kappa shape index (κ1) is 19.2. The van der Waals surface area contributed by atoms with Gasteiger partial charge in [0, 0.05) is 32.7 Å². The Morgan fingerprint density at radius 1 is 0.897 bits per heavy atom. The number of carbonyl (C=O) groups is 2. The minimum Gasteiger partial charge on any atom is -0.465 e. The summed E-state index contributed by atoms with van der Waals surface area (Å²) < 4.78 is 13.5. The van der Waals surface area contributed by atoms with Crippen LogP contribution >= 0.6 is 0 Å². The summed E-state index contributed by atoms with van der Waals surface area (Å²) in [5, 5.41) is 9.24. The first-order valence-electron chi connectivity index (χ1n) is 9.91. The molecule has 2 aromatic carbocycles. The molecule has 0 radical (unpaired) electrons. The normalized spacial score (nSPS) is 19.5. The topological polar surface area (TPSA) is 64.1 Å². The standard InChI is InChI=1S/C22H24FN3O3/c23-18-8-6-17(7-9-18)20-19-5-2-1-4-16(19)10-13-26(20)21(27)24-11-3-12-25(15-14-24)22(28)29/h1-2,4-9,20H,3,10-15H2,(H,28,29). The number of halogens is 1. The zero-order valence-corrected chi connectivity index (χ0v) is 16.1. The van der Waals surface area contributed by atoms with E-state index >= 15 is 0 Å². The average Bonchev–Trinajstić information content (AvgIpc) is 3.00. The van der Waals surface area contributed by atoms with Crippen molar-refractivity contribution in [1.82, 2.24) is 14.7 Å². The van der Waals surface area contributed by atoms with E-state index in [9.17, 15) is 19.1 Å². The predicted octanol–water partition coefficient (Wildman–Crippen LogP) is 3.58. The van der Waals surface area contributed by atoms with Crippen LogP contribution in [0.5, 0.6) is 0 Å². The van der Waals surface area contributed by atoms with Gasteiger partial charge in [0.05, 0.1) is 6.04 Å². The Labute approximate surface area is 169 Å². The Morgan fingerprint density at radius 3 is 2.34 bits per heavy atom. The van der Waals surface area contributed by atoms with E-state index in [0.717, 1.165) is 17.5 Å². The number of urea groups is 1. The van der Waals surface area contributed by atoms with Crippen molar-refractivity contribution in [3.8, 4) is 0 Å². The van der Waals surface area contributed by atoms with Crippen molar-refractivity contribution in [2.45, 2.75) is 18.9 Å². The third-order valence-corrected chi connectivity index (χ3v) is 5.75. The van der Waals surface area contributed by atoms with Crippen molar-refractivity contribution in [2.75, 3.05) is 32.7 Å². The number of benzene rings is 2. The third kappa shape index (κ3) is 3.90. The summed E-state index contributed by atoms with van der Waals surface area (Å²) in [5.41, 5.74) is 3.12. The average molecular weight is 397 g/mol. The second kappa shape index (κ2) is 8.11. The summed E-state index contributed by atoms with van der Waals surface area (Å²) in [7, 11) is 0. The quantitative estimate of drug-likeness (QED) is 0.800. The van der Waals surface area contributed by atoms with E-state index < -0.39 is 6.09 Å². The highest BCUT2D eigenvalue weighted by Gasteiger charge is 2.35. The molecular formula is C22H24FN3O3. The van der Waals surface area contributed by atoms with Crippen molar-refractivity contribution >= 4 is 12.1 Å². The monoisotopic (exact) mass is 397 g/mol. The second-order valence-corrected chi connectivity index (χ2v) is 7.49. The fraction of sp³-hybridized carbons (Fsp3) is 0.364. The first-order chi connectivity index (χ1) is 14.0. The van der Waals surface area contributed by atoms with E-state index in [4.69, 9.17) is 0 Å². The van der Waals surface area contributed by atoms with Crippen LogP contribution in [0.2, 0.25) is 0 Å². The number of carbonyl (C=O) groups excluding carboxylic acids is 1. The molecule has 2 aromatic rings. The van der Waals surface area contributed by atoms with Crippen molar-refractivity contribution < 1.29 is 19.1 Å². The summed E-state index contributed by atoms with van der Waals surface area (Å²) in [4.78, 5) is 29.7. The molecule has 1 atom stereocenters. The lowest BCUT2D eigenvalue weighted by Crippen LogP contribution is -2.49. The van der Waals surface area contributed by atoms with Crippen molar-refractivity contribution in [3.63, 3.8) is 0 Å². The van der Waals surface area contributed by atoms with Crippen molar-refractivity contribution in [1.29, 1.82) is 0 Å². The highest BCUT2D eigenvalue weighted by Crippen LogP contribution is 2.36. The number of amides is 3. The Bertz CT molecular complexity index is 902. The summed E-state index contributed by atoms with van der Waals surface area (Å²) in [6, 6.07) is 14.0. The SMILES string of the molecule is O=C(O)N1CCCN(C(=O)N2CCc3ccccc3C2c2ccc(F)cc2)CC1. The van der Waals surface area contributed by atoms with E-state index in [1.807, 2.05) is 23.1 Å². The van der Waals surface area contributed by atoms with E-state index in [-0.39, 0.29) is 17.9 Å². The van der Waals surface area contributed by atoms with Crippen LogP contribution in [0.25, 0.3) is 0 Å². The minimum atomic E-state index is -0.949. The van der Waals surface area contributed by atoms with Gasteiger partial charge in [0.15, 0.2) is 0 Å². The zero-order chi connectivity index (χ0) is 20.4. The Morgan fingerprint density at radius 2 is 1.59 bits per heavy atom. The lowest BCUT2D eigenvalue weighted by molar-refractivity contribution is 0.133. The molecule has 0 aliphatic carbocycles. The number of fused-ring (bicyclic) bond motifs is 1. The maximum absolute atomic E-state index is 13.5. The first-order valence-corrected chi connectivity index (χ1v) is 9.91. The molecule has 1 unspecified atom stereocenters. The summed E-state index contributed by atoms with van der Waals surface area (Å²) in [6.07, 6.45) is 0.425. The molecule has 0 spiro atoms. The summed E-state index contributed by atoms with van der Waals surface area (Å²) in [5.74, 6) is -0.308. The molecule has 0 bridgehead atoms. The maximum Gasteiger partial charge on any atom is 0.407 e. The highest BCUT2D eigenvalue weighted by atomic mass is 19.1. The van der Waals surface area contributed by atoms with Gasteiger partial charge in [-0.25, -0.2) is 14.0 Å². The molecular weight excluding hydrogens is 373 g/mol. The van der Waals surface area contributed by atoms with E-state index in [2.05, 4.69) is 6.07 Å². The van der Waals surface area contributed by atoms with Crippen LogP contribution in [0, 0.1) is 5.82 Å². The fourth-order valence-corrected chi connectivity index (χ4v) is 4.26. The van der Waals surface area contributed by atoms with Crippen molar-refractivity contribution in [3.05, 3.63) is 71.0 Å². The van der Waals surface area contributed by atoms with Crippen LogP contribution in [0.1, 0.15) is 29.2 Å². The largest absolute Gasteiger partial charge is 0.465 e. The third-order valence-electron chi connectivity index (χ3n) is 5.75. The number of hydrogen-bond donors (Lipinski definition) is 1. The van der Waals surface area contributed by atoms with E-state index in [0.29, 0.717) is 39.1 Å². The molecule has 6 nitrogen and oxygen atoms in total. The number of carboxylic acid groups (broad SMARTS) is 1. The molecule has 2 aliphatic rings. The van der Waals surface area contributed by atoms with Crippen LogP contribution in [0.4, 0.5) is 14.0 Å². The smallest absolute Gasteiger partial charge is 0.407 e. The van der Waals surface area contributed by atoms with Gasteiger partial charge in [-0.05, 0) is 41.7 Å². The Hall–Kier alpha value is -3.09. The molecule has 1 saturated heterocycles. The highest BCUT2D eigenvalue weighted by molar-refractivity contribution is 5.76. The Balaban J connectivity index is 1.63. The maximum atomic E-state index is 13.5. The number of rotatable bonds is 1. The van der Waals surface area contributed by atoms with Gasteiger partial charge in [0.1, 0.15) is 5.82 Å². The van der Waals surface area contributed by atoms with Gasteiger partial charge < -0.3 is 19.8 Å². The van der Waals surface area contributed by atoms with Crippen LogP contribution in [-0.2, 0) is 6.42 Å². The predicted molar refractivity (Wildman–Crippen MR) is 106 cm³/mol. The van der Waals surface area contributed by atoms with Gasteiger partial charge in [-0.2, -0.15) is 0 Å². The lowest BCUT2D eigenvalue weighted by atomic mass is 9.88. The van der Waals surface area contributed by atoms with Crippen LogP contribution < -0.4 is 0 Å². The van der Waals surface area contributed by atoms with Gasteiger partial charge in [-0.3, -0.25) is 0 Å². The van der Waals surface area contributed by atoms with Gasteiger partial charge in [0.25, 0.3) is 0 Å². The molecule has 0 aromatic heterocycles. The molecule has 1 N–H and O–H groups in total. The van der Waals surface area contributed by atoms with E-state index in [1.54, 1.807) is 17.0 Å². The molecule has 0 saturated carbocycles. The van der Waals surface area contributed by atoms with E-state index in [1.165, 1.54) is 22.6 Å². The molecule has 29 heavy (non-hydrogen) atoms. The fourth-order valence-electron chi connectivity index (χ4n) is 4.26.